The summed E-state index contributed by atoms with van der Waals surface area (Å²) in [5, 5.41) is 26.2. The van der Waals surface area contributed by atoms with E-state index in [0.717, 1.165) is 17.7 Å². The standard InChI is InChI=1S/C20H19F5N2O5.C13H20N2O3.C7H8O2/c1-26(2)8-9-27(3)19(28)31-12-6-4-11(5-7-12)10-30-20(29)32-18-16(24)14(22)13(21)15(23)17(18)25;1-14(2)8-9-15(3)13(17)18-12-6-4-11(10-16)5-7-12;8-5-6-1-3-7(9)4-2-6/h4-7H,8-10H2,1-3H3;4-7,16H,8-10H2,1-3H3;1-4,8-9H,5H2. The van der Waals surface area contributed by atoms with Crippen LogP contribution in [0.4, 0.5) is 36.3 Å². The van der Waals surface area contributed by atoms with Gasteiger partial charge in [0.1, 0.15) is 23.9 Å². The predicted molar refractivity (Wildman–Crippen MR) is 204 cm³/mol. The minimum Gasteiger partial charge on any atom is -0.508 e. The summed E-state index contributed by atoms with van der Waals surface area (Å²) in [4.78, 5) is 42.1. The summed E-state index contributed by atoms with van der Waals surface area (Å²) < 4.78 is 85.4. The molecule has 4 aromatic carbocycles. The van der Waals surface area contributed by atoms with Gasteiger partial charge in [0.25, 0.3) is 0 Å². The summed E-state index contributed by atoms with van der Waals surface area (Å²) in [7, 11) is 10.9. The van der Waals surface area contributed by atoms with E-state index in [4.69, 9.17) is 24.8 Å². The van der Waals surface area contributed by atoms with E-state index < -0.39 is 53.7 Å². The third kappa shape index (κ3) is 17.2. The third-order valence-electron chi connectivity index (χ3n) is 7.66. The van der Waals surface area contributed by atoms with Crippen LogP contribution >= 0.6 is 0 Å². The maximum Gasteiger partial charge on any atom is 0.514 e. The second-order valence-corrected chi connectivity index (χ2v) is 13.0. The zero-order valence-electron chi connectivity index (χ0n) is 33.3. The van der Waals surface area contributed by atoms with Crippen LogP contribution in [-0.2, 0) is 24.6 Å². The Labute approximate surface area is 338 Å². The number of amides is 2. The number of phenols is 1. The molecule has 0 fully saturated rings. The van der Waals surface area contributed by atoms with Gasteiger partial charge in [0.15, 0.2) is 0 Å². The predicted octanol–water partition coefficient (Wildman–Crippen LogP) is 6.15. The van der Waals surface area contributed by atoms with Gasteiger partial charge in [0, 0.05) is 40.3 Å². The Morgan fingerprint density at radius 3 is 1.24 bits per heavy atom. The molecule has 0 spiro atoms. The number of carbonyl (C=O) groups excluding carboxylic acids is 3. The van der Waals surface area contributed by atoms with Crippen molar-refractivity contribution in [1.82, 2.24) is 19.6 Å². The first-order valence-electron chi connectivity index (χ1n) is 17.6. The van der Waals surface area contributed by atoms with E-state index >= 15 is 0 Å². The molecule has 4 rings (SSSR count). The van der Waals surface area contributed by atoms with Crippen molar-refractivity contribution in [3.05, 3.63) is 119 Å². The minimum atomic E-state index is -2.38. The summed E-state index contributed by atoms with van der Waals surface area (Å²) in [6.45, 7) is 2.05. The number of aliphatic hydroxyl groups excluding tert-OH is 2. The molecule has 0 unspecified atom stereocenters. The molecule has 2 amide bonds. The lowest BCUT2D eigenvalue weighted by molar-refractivity contribution is 0.0887. The highest BCUT2D eigenvalue weighted by molar-refractivity contribution is 5.71. The van der Waals surface area contributed by atoms with Crippen LogP contribution in [0, 0.1) is 29.1 Å². The molecule has 4 aromatic rings. The molecule has 322 valence electrons. The first kappa shape index (κ1) is 49.1. The van der Waals surface area contributed by atoms with Gasteiger partial charge in [0.2, 0.25) is 34.8 Å². The van der Waals surface area contributed by atoms with E-state index in [1.165, 1.54) is 34.1 Å². The van der Waals surface area contributed by atoms with Crippen LogP contribution in [0.1, 0.15) is 16.7 Å². The summed E-state index contributed by atoms with van der Waals surface area (Å²) in [5.74, 6) is -12.4. The number of hydrogen-bond acceptors (Lipinski definition) is 12. The number of nitrogens with zero attached hydrogens (tertiary/aromatic N) is 4. The average molecular weight is 839 g/mol. The Balaban J connectivity index is 0.000000368. The van der Waals surface area contributed by atoms with E-state index in [1.54, 1.807) is 62.6 Å². The monoisotopic (exact) mass is 838 g/mol. The molecule has 0 saturated heterocycles. The number of aromatic hydroxyl groups is 1. The Hall–Kier alpha value is -6.02. The highest BCUT2D eigenvalue weighted by atomic mass is 19.2. The van der Waals surface area contributed by atoms with Gasteiger partial charge in [-0.15, -0.1) is 0 Å². The molecule has 0 heterocycles. The molecule has 14 nitrogen and oxygen atoms in total. The normalized spacial score (nSPS) is 10.5. The van der Waals surface area contributed by atoms with Crippen LogP contribution in [-0.4, -0.2) is 122 Å². The van der Waals surface area contributed by atoms with Crippen molar-refractivity contribution in [2.24, 2.45) is 0 Å². The van der Waals surface area contributed by atoms with Gasteiger partial charge in [-0.3, -0.25) is 0 Å². The van der Waals surface area contributed by atoms with Gasteiger partial charge < -0.3 is 53.9 Å². The Bertz CT molecular complexity index is 1910. The molecule has 0 atom stereocenters. The molecular weight excluding hydrogens is 791 g/mol. The van der Waals surface area contributed by atoms with Gasteiger partial charge in [-0.1, -0.05) is 36.4 Å². The second-order valence-electron chi connectivity index (χ2n) is 13.0. The Morgan fingerprint density at radius 1 is 0.508 bits per heavy atom. The van der Waals surface area contributed by atoms with Crippen LogP contribution < -0.4 is 14.2 Å². The minimum absolute atomic E-state index is 0.0169. The molecule has 0 radical (unpaired) electrons. The zero-order valence-corrected chi connectivity index (χ0v) is 33.3. The zero-order chi connectivity index (χ0) is 44.2. The lowest BCUT2D eigenvalue weighted by atomic mass is 10.2. The van der Waals surface area contributed by atoms with E-state index in [0.29, 0.717) is 30.9 Å². The van der Waals surface area contributed by atoms with Crippen molar-refractivity contribution in [2.45, 2.75) is 19.8 Å². The van der Waals surface area contributed by atoms with Gasteiger partial charge >= 0.3 is 18.3 Å². The van der Waals surface area contributed by atoms with Crippen LogP contribution in [0.3, 0.4) is 0 Å². The molecule has 59 heavy (non-hydrogen) atoms. The molecule has 19 heteroatoms. The van der Waals surface area contributed by atoms with Crippen LogP contribution in [0.25, 0.3) is 0 Å². The fourth-order valence-corrected chi connectivity index (χ4v) is 4.09. The van der Waals surface area contributed by atoms with E-state index in [2.05, 4.69) is 9.47 Å². The number of phenolic OH excluding ortho intramolecular Hbond substituents is 1. The van der Waals surface area contributed by atoms with Gasteiger partial charge in [-0.05, 0) is 81.3 Å². The molecule has 0 aliphatic heterocycles. The van der Waals surface area contributed by atoms with Crippen molar-refractivity contribution in [2.75, 3.05) is 68.5 Å². The van der Waals surface area contributed by atoms with Crippen molar-refractivity contribution in [1.29, 1.82) is 0 Å². The van der Waals surface area contributed by atoms with E-state index in [-0.39, 0.29) is 30.8 Å². The highest BCUT2D eigenvalue weighted by Gasteiger charge is 2.29. The molecule has 0 bridgehead atoms. The molecule has 0 aliphatic carbocycles. The summed E-state index contributed by atoms with van der Waals surface area (Å²) in [6.07, 6.45) is -2.65. The topological polar surface area (TPSA) is 162 Å². The van der Waals surface area contributed by atoms with E-state index in [1.807, 2.05) is 38.0 Å². The Morgan fingerprint density at radius 2 is 0.864 bits per heavy atom. The third-order valence-corrected chi connectivity index (χ3v) is 7.66. The average Bonchev–Trinajstić information content (AvgIpc) is 3.22. The van der Waals surface area contributed by atoms with E-state index in [9.17, 15) is 36.3 Å². The quantitative estimate of drug-likeness (QED) is 0.0464. The lowest BCUT2D eigenvalue weighted by Gasteiger charge is -2.19. The lowest BCUT2D eigenvalue weighted by Crippen LogP contribution is -2.35. The maximum atomic E-state index is 13.5. The number of halogens is 5. The van der Waals surface area contributed by atoms with Crippen molar-refractivity contribution in [3.63, 3.8) is 0 Å². The Kier molecular flexibility index (Phi) is 20.6. The van der Waals surface area contributed by atoms with Gasteiger partial charge in [-0.25, -0.2) is 27.6 Å². The number of aliphatic hydroxyl groups is 2. The number of rotatable bonds is 13. The summed E-state index contributed by atoms with van der Waals surface area (Å²) in [5.41, 5.74) is 1.96. The van der Waals surface area contributed by atoms with Crippen molar-refractivity contribution in [3.8, 4) is 23.0 Å². The fourth-order valence-electron chi connectivity index (χ4n) is 4.09. The first-order valence-corrected chi connectivity index (χ1v) is 17.6. The maximum absolute atomic E-state index is 13.5. The molecule has 0 aromatic heterocycles. The number of likely N-dealkylation sites (N-methyl/N-ethyl adjacent to an activating group) is 4. The van der Waals surface area contributed by atoms with Crippen LogP contribution in [0.5, 0.6) is 23.0 Å². The van der Waals surface area contributed by atoms with Crippen LogP contribution in [0.2, 0.25) is 0 Å². The summed E-state index contributed by atoms with van der Waals surface area (Å²) >= 11 is 0. The smallest absolute Gasteiger partial charge is 0.508 e. The highest BCUT2D eigenvalue weighted by Crippen LogP contribution is 2.29. The van der Waals surface area contributed by atoms with Gasteiger partial charge in [-0.2, -0.15) is 8.78 Å². The number of hydrogen-bond donors (Lipinski definition) is 3. The van der Waals surface area contributed by atoms with Gasteiger partial charge in [0.05, 0.1) is 13.2 Å². The molecule has 3 N–H and O–H groups in total. The largest absolute Gasteiger partial charge is 0.514 e. The fraction of sp³-hybridized carbons (Fsp3) is 0.325. The first-order chi connectivity index (χ1) is 27.9. The van der Waals surface area contributed by atoms with Crippen LogP contribution in [0.15, 0.2) is 72.8 Å². The van der Waals surface area contributed by atoms with Crippen molar-refractivity contribution >= 4 is 18.3 Å². The number of benzene rings is 4. The SMILES string of the molecule is CN(C)CCN(C)C(=O)Oc1ccc(CO)cc1.CN(C)CCN(C)C(=O)Oc1ccc(COC(=O)Oc2c(F)c(F)c(F)c(F)c2F)cc1.OCc1ccc(O)cc1. The number of ether oxygens (including phenoxy) is 4. The van der Waals surface area contributed by atoms with Crippen molar-refractivity contribution < 1.29 is 70.6 Å². The molecule has 0 saturated carbocycles. The second kappa shape index (κ2) is 24.7. The molecule has 0 aliphatic rings. The number of carbonyl (C=O) groups is 3. The summed E-state index contributed by atoms with van der Waals surface area (Å²) in [6, 6.07) is 18.9. The molecular formula is C40H47F5N4O10.